The normalized spacial score (nSPS) is 16.0. The van der Waals surface area contributed by atoms with E-state index in [1.165, 1.54) is 10.6 Å². The topological polar surface area (TPSA) is 60.9 Å². The van der Waals surface area contributed by atoms with Crippen LogP contribution in [0.3, 0.4) is 0 Å². The van der Waals surface area contributed by atoms with Crippen LogP contribution < -0.4 is 4.31 Å². The van der Waals surface area contributed by atoms with Crippen molar-refractivity contribution in [2.24, 2.45) is 0 Å². The molecule has 0 unspecified atom stereocenters. The minimum absolute atomic E-state index is 0.0263. The fraction of sp³-hybridized carbons (Fsp3) is 0.611. The maximum absolute atomic E-state index is 12.5. The van der Waals surface area contributed by atoms with E-state index < -0.39 is 10.0 Å². The summed E-state index contributed by atoms with van der Waals surface area (Å²) in [7, 11) is -3.44. The molecule has 0 aromatic heterocycles. The van der Waals surface area contributed by atoms with E-state index in [-0.39, 0.29) is 18.9 Å². The van der Waals surface area contributed by atoms with E-state index >= 15 is 0 Å². The zero-order valence-electron chi connectivity index (χ0n) is 15.4. The third-order valence-corrected chi connectivity index (χ3v) is 5.92. The van der Waals surface area contributed by atoms with Gasteiger partial charge in [-0.2, -0.15) is 0 Å². The van der Waals surface area contributed by atoms with E-state index in [1.807, 2.05) is 36.1 Å². The van der Waals surface area contributed by atoms with Gasteiger partial charge in [0.15, 0.2) is 0 Å². The highest BCUT2D eigenvalue weighted by Gasteiger charge is 2.24. The third-order valence-electron chi connectivity index (χ3n) is 4.74. The summed E-state index contributed by atoms with van der Waals surface area (Å²) in [5.41, 5.74) is 1.65. The minimum Gasteiger partial charge on any atom is -0.340 e. The van der Waals surface area contributed by atoms with Gasteiger partial charge in [0.1, 0.15) is 0 Å². The largest absolute Gasteiger partial charge is 0.340 e. The molecule has 1 aliphatic rings. The summed E-state index contributed by atoms with van der Waals surface area (Å²) in [6.07, 6.45) is 2.15. The number of amides is 1. The van der Waals surface area contributed by atoms with Crippen LogP contribution in [0.1, 0.15) is 25.8 Å². The zero-order valence-corrected chi connectivity index (χ0v) is 16.3. The Morgan fingerprint density at radius 2 is 1.76 bits per heavy atom. The SMILES string of the molecule is CCc1ccccc1N(CCC(=O)N1CCN(CC)CC1)S(C)(=O)=O. The fourth-order valence-electron chi connectivity index (χ4n) is 3.19. The van der Waals surface area contributed by atoms with Crippen molar-refractivity contribution in [2.45, 2.75) is 26.7 Å². The molecular weight excluding hydrogens is 338 g/mol. The number of likely N-dealkylation sites (N-methyl/N-ethyl adjacent to an activating group) is 1. The summed E-state index contributed by atoms with van der Waals surface area (Å²) in [6, 6.07) is 7.48. The van der Waals surface area contributed by atoms with Gasteiger partial charge in [-0.15, -0.1) is 0 Å². The summed E-state index contributed by atoms with van der Waals surface area (Å²) in [5, 5.41) is 0. The molecule has 0 radical (unpaired) electrons. The molecule has 1 saturated heterocycles. The van der Waals surface area contributed by atoms with Gasteiger partial charge in [0.25, 0.3) is 0 Å². The standard InChI is InChI=1S/C18H29N3O3S/c1-4-16-8-6-7-9-17(16)21(25(3,23)24)11-10-18(22)20-14-12-19(5-2)13-15-20/h6-9H,4-5,10-15H2,1-3H3. The van der Waals surface area contributed by atoms with Gasteiger partial charge in [-0.05, 0) is 24.6 Å². The number of sulfonamides is 1. The lowest BCUT2D eigenvalue weighted by Gasteiger charge is -2.34. The summed E-state index contributed by atoms with van der Waals surface area (Å²) in [4.78, 5) is 16.7. The highest BCUT2D eigenvalue weighted by Crippen LogP contribution is 2.23. The van der Waals surface area contributed by atoms with E-state index in [1.54, 1.807) is 0 Å². The monoisotopic (exact) mass is 367 g/mol. The number of hydrogen-bond donors (Lipinski definition) is 0. The first-order valence-corrected chi connectivity index (χ1v) is 10.8. The van der Waals surface area contributed by atoms with E-state index in [9.17, 15) is 13.2 Å². The second-order valence-corrected chi connectivity index (χ2v) is 8.29. The second-order valence-electron chi connectivity index (χ2n) is 6.38. The maximum atomic E-state index is 12.5. The predicted molar refractivity (Wildman–Crippen MR) is 101 cm³/mol. The smallest absolute Gasteiger partial charge is 0.232 e. The van der Waals surface area contributed by atoms with Crippen molar-refractivity contribution in [3.8, 4) is 0 Å². The lowest BCUT2D eigenvalue weighted by molar-refractivity contribution is -0.132. The van der Waals surface area contributed by atoms with Gasteiger partial charge in [-0.3, -0.25) is 9.10 Å². The van der Waals surface area contributed by atoms with E-state index in [0.29, 0.717) is 5.69 Å². The van der Waals surface area contributed by atoms with Crippen LogP contribution in [0.4, 0.5) is 5.69 Å². The van der Waals surface area contributed by atoms with E-state index in [2.05, 4.69) is 11.8 Å². The minimum atomic E-state index is -3.44. The lowest BCUT2D eigenvalue weighted by atomic mass is 10.1. The second kappa shape index (κ2) is 8.67. The van der Waals surface area contributed by atoms with Crippen LogP contribution in [0.15, 0.2) is 24.3 Å². The Balaban J connectivity index is 2.05. The Hall–Kier alpha value is -1.60. The first-order valence-electron chi connectivity index (χ1n) is 8.92. The molecule has 0 bridgehead atoms. The summed E-state index contributed by atoms with van der Waals surface area (Å²) in [5.74, 6) is 0.0263. The van der Waals surface area contributed by atoms with Gasteiger partial charge < -0.3 is 9.80 Å². The van der Waals surface area contributed by atoms with Crippen LogP contribution in [0.2, 0.25) is 0 Å². The van der Waals surface area contributed by atoms with Crippen LogP contribution in [0, 0.1) is 0 Å². The number of aryl methyl sites for hydroxylation is 1. The number of para-hydroxylation sites is 1. The van der Waals surface area contributed by atoms with Gasteiger partial charge in [-0.1, -0.05) is 32.0 Å². The van der Waals surface area contributed by atoms with Gasteiger partial charge in [0.05, 0.1) is 11.9 Å². The van der Waals surface area contributed by atoms with Crippen molar-refractivity contribution in [1.29, 1.82) is 0 Å². The van der Waals surface area contributed by atoms with Gasteiger partial charge in [-0.25, -0.2) is 8.42 Å². The molecule has 1 fully saturated rings. The average molecular weight is 368 g/mol. The molecule has 0 aliphatic carbocycles. The Morgan fingerprint density at radius 3 is 2.32 bits per heavy atom. The first-order chi connectivity index (χ1) is 11.9. The van der Waals surface area contributed by atoms with Gasteiger partial charge >= 0.3 is 0 Å². The van der Waals surface area contributed by atoms with Crippen LogP contribution in [0.5, 0.6) is 0 Å². The van der Waals surface area contributed by atoms with Crippen molar-refractivity contribution >= 4 is 21.6 Å². The number of carbonyl (C=O) groups is 1. The van der Waals surface area contributed by atoms with Crippen molar-refractivity contribution in [3.05, 3.63) is 29.8 Å². The number of hydrogen-bond acceptors (Lipinski definition) is 4. The van der Waals surface area contributed by atoms with Crippen molar-refractivity contribution in [1.82, 2.24) is 9.80 Å². The number of rotatable bonds is 7. The molecule has 0 spiro atoms. The average Bonchev–Trinajstić information content (AvgIpc) is 2.61. The van der Waals surface area contributed by atoms with Crippen LogP contribution in [0.25, 0.3) is 0 Å². The molecule has 1 aromatic carbocycles. The molecule has 25 heavy (non-hydrogen) atoms. The third kappa shape index (κ3) is 5.19. The Bertz CT molecular complexity index is 683. The number of benzene rings is 1. The van der Waals surface area contributed by atoms with Crippen LogP contribution in [-0.4, -0.2) is 69.6 Å². The molecule has 1 heterocycles. The molecule has 6 nitrogen and oxygen atoms in total. The molecule has 140 valence electrons. The Morgan fingerprint density at radius 1 is 1.12 bits per heavy atom. The van der Waals surface area contributed by atoms with Crippen molar-refractivity contribution in [2.75, 3.05) is 49.8 Å². The Labute approximate surface area is 151 Å². The molecule has 1 aromatic rings. The van der Waals surface area contributed by atoms with Gasteiger partial charge in [0, 0.05) is 39.1 Å². The number of piperazine rings is 1. The van der Waals surface area contributed by atoms with E-state index in [0.717, 1.165) is 44.7 Å². The number of anilines is 1. The summed E-state index contributed by atoms with van der Waals surface area (Å²) in [6.45, 7) is 8.51. The molecule has 1 aliphatic heterocycles. The maximum Gasteiger partial charge on any atom is 0.232 e. The first kappa shape index (κ1) is 19.7. The predicted octanol–water partition coefficient (Wildman–Crippen LogP) is 1.57. The quantitative estimate of drug-likeness (QED) is 0.734. The highest BCUT2D eigenvalue weighted by atomic mass is 32.2. The molecule has 0 N–H and O–H groups in total. The van der Waals surface area contributed by atoms with Crippen molar-refractivity contribution in [3.63, 3.8) is 0 Å². The molecule has 1 amide bonds. The molecule has 0 atom stereocenters. The molecular formula is C18H29N3O3S. The summed E-state index contributed by atoms with van der Waals surface area (Å²) >= 11 is 0. The van der Waals surface area contributed by atoms with E-state index in [4.69, 9.17) is 0 Å². The lowest BCUT2D eigenvalue weighted by Crippen LogP contribution is -2.49. The highest BCUT2D eigenvalue weighted by molar-refractivity contribution is 7.92. The van der Waals surface area contributed by atoms with Crippen LogP contribution in [-0.2, 0) is 21.2 Å². The molecule has 2 rings (SSSR count). The summed E-state index contributed by atoms with van der Waals surface area (Å²) < 4.78 is 25.9. The fourth-order valence-corrected chi connectivity index (χ4v) is 4.15. The van der Waals surface area contributed by atoms with Crippen molar-refractivity contribution < 1.29 is 13.2 Å². The van der Waals surface area contributed by atoms with Crippen LogP contribution >= 0.6 is 0 Å². The van der Waals surface area contributed by atoms with Gasteiger partial charge in [0.2, 0.25) is 15.9 Å². The molecule has 0 saturated carbocycles. The number of carbonyl (C=O) groups excluding carboxylic acids is 1. The zero-order chi connectivity index (χ0) is 18.4. The number of nitrogens with zero attached hydrogens (tertiary/aromatic N) is 3. The Kier molecular flexibility index (Phi) is 6.84. The molecule has 7 heteroatoms.